The van der Waals surface area contributed by atoms with Gasteiger partial charge in [0.15, 0.2) is 0 Å². The summed E-state index contributed by atoms with van der Waals surface area (Å²) in [5, 5.41) is 2.11. The van der Waals surface area contributed by atoms with Gasteiger partial charge in [-0.2, -0.15) is 0 Å². The highest BCUT2D eigenvalue weighted by Gasteiger charge is 2.63. The number of hydrogen-bond donors (Lipinski definition) is 0. The summed E-state index contributed by atoms with van der Waals surface area (Å²) in [5.74, 6) is 1.24. The second-order valence-corrected chi connectivity index (χ2v) is 10.3. The van der Waals surface area contributed by atoms with Gasteiger partial charge in [0.05, 0.1) is 12.0 Å². The van der Waals surface area contributed by atoms with E-state index in [2.05, 4.69) is 43.2 Å². The largest absolute Gasteiger partial charge is 0.337 e. The van der Waals surface area contributed by atoms with Crippen molar-refractivity contribution in [3.8, 4) is 0 Å². The summed E-state index contributed by atoms with van der Waals surface area (Å²) in [6.45, 7) is 8.67. The first-order valence-corrected chi connectivity index (χ1v) is 10.1. The summed E-state index contributed by atoms with van der Waals surface area (Å²) in [7, 11) is 0. The normalized spacial score (nSPS) is 41.3. The minimum Gasteiger partial charge on any atom is -0.337 e. The van der Waals surface area contributed by atoms with Crippen molar-refractivity contribution in [3.63, 3.8) is 0 Å². The molecule has 4 saturated carbocycles. The van der Waals surface area contributed by atoms with Gasteiger partial charge in [-0.25, -0.2) is 0 Å². The molecule has 0 aliphatic heterocycles. The van der Waals surface area contributed by atoms with Crippen molar-refractivity contribution >= 4 is 17.2 Å². The highest BCUT2D eigenvalue weighted by molar-refractivity contribution is 7.09. The molecule has 1 aromatic heterocycles. The highest BCUT2D eigenvalue weighted by atomic mass is 32.1. The molecular weight excluding hydrogens is 302 g/mol. The minimum absolute atomic E-state index is 0.0593. The molecule has 4 aliphatic carbocycles. The fourth-order valence-electron chi connectivity index (χ4n) is 6.94. The monoisotopic (exact) mass is 331 g/mol. The smallest absolute Gasteiger partial charge is 0.229 e. The van der Waals surface area contributed by atoms with Gasteiger partial charge in [-0.3, -0.25) is 4.79 Å². The molecule has 2 unspecified atom stereocenters. The number of amides is 1. The van der Waals surface area contributed by atoms with E-state index >= 15 is 0 Å². The van der Waals surface area contributed by atoms with E-state index in [0.29, 0.717) is 16.7 Å². The Bertz CT molecular complexity index is 589. The van der Waals surface area contributed by atoms with Crippen LogP contribution in [0.1, 0.15) is 64.2 Å². The molecule has 23 heavy (non-hydrogen) atoms. The zero-order valence-electron chi connectivity index (χ0n) is 14.7. The number of carbonyl (C=O) groups is 1. The van der Waals surface area contributed by atoms with Crippen LogP contribution in [0.2, 0.25) is 0 Å². The maximum atomic E-state index is 13.6. The third-order valence-electron chi connectivity index (χ3n) is 6.68. The van der Waals surface area contributed by atoms with Gasteiger partial charge in [-0.15, -0.1) is 11.3 Å². The first kappa shape index (κ1) is 15.7. The van der Waals surface area contributed by atoms with Crippen molar-refractivity contribution in [2.45, 2.75) is 65.8 Å². The Morgan fingerprint density at radius 3 is 2.43 bits per heavy atom. The summed E-state index contributed by atoms with van der Waals surface area (Å²) in [6.07, 6.45) is 7.46. The first-order chi connectivity index (χ1) is 10.9. The second kappa shape index (κ2) is 5.08. The van der Waals surface area contributed by atoms with Crippen molar-refractivity contribution in [1.82, 2.24) is 4.90 Å². The predicted molar refractivity (Wildman–Crippen MR) is 95.2 cm³/mol. The van der Waals surface area contributed by atoms with Gasteiger partial charge in [-0.1, -0.05) is 19.9 Å². The molecule has 0 aromatic carbocycles. The van der Waals surface area contributed by atoms with Crippen LogP contribution in [0, 0.1) is 22.2 Å². The Kier molecular flexibility index (Phi) is 3.46. The molecule has 1 heterocycles. The van der Waals surface area contributed by atoms with Gasteiger partial charge < -0.3 is 4.90 Å². The molecule has 1 amide bonds. The van der Waals surface area contributed by atoms with E-state index < -0.39 is 0 Å². The van der Waals surface area contributed by atoms with Crippen LogP contribution in [0.4, 0.5) is 0 Å². The van der Waals surface area contributed by atoms with Gasteiger partial charge in [0.2, 0.25) is 5.91 Å². The molecule has 1 aromatic rings. The third-order valence-corrected chi connectivity index (χ3v) is 7.54. The van der Waals surface area contributed by atoms with E-state index in [1.807, 2.05) is 0 Å². The zero-order chi connectivity index (χ0) is 16.3. The lowest BCUT2D eigenvalue weighted by molar-refractivity contribution is -0.179. The van der Waals surface area contributed by atoms with Crippen molar-refractivity contribution in [1.29, 1.82) is 0 Å². The van der Waals surface area contributed by atoms with Crippen LogP contribution in [-0.2, 0) is 11.3 Å². The van der Waals surface area contributed by atoms with Crippen LogP contribution in [0.5, 0.6) is 0 Å². The molecule has 2 nitrogen and oxygen atoms in total. The minimum atomic E-state index is -0.0593. The lowest BCUT2D eigenvalue weighted by Crippen LogP contribution is -2.60. The zero-order valence-corrected chi connectivity index (χ0v) is 15.5. The predicted octanol–water partition coefficient (Wildman–Crippen LogP) is 5.09. The molecule has 126 valence electrons. The van der Waals surface area contributed by atoms with Gasteiger partial charge in [0, 0.05) is 11.4 Å². The van der Waals surface area contributed by atoms with Crippen LogP contribution in [0.25, 0.3) is 0 Å². The lowest BCUT2D eigenvalue weighted by atomic mass is 9.40. The number of rotatable bonds is 4. The molecule has 4 bridgehead atoms. The van der Waals surface area contributed by atoms with E-state index in [9.17, 15) is 4.79 Å². The Morgan fingerprint density at radius 1 is 1.22 bits per heavy atom. The van der Waals surface area contributed by atoms with Gasteiger partial charge in [-0.05, 0) is 73.6 Å². The summed E-state index contributed by atoms with van der Waals surface area (Å²) < 4.78 is 0. The van der Waals surface area contributed by atoms with Gasteiger partial charge in [0.1, 0.15) is 0 Å². The highest BCUT2D eigenvalue weighted by Crippen LogP contribution is 2.69. The van der Waals surface area contributed by atoms with Crippen LogP contribution in [0.3, 0.4) is 0 Å². The van der Waals surface area contributed by atoms with Gasteiger partial charge in [0.25, 0.3) is 0 Å². The first-order valence-electron chi connectivity index (χ1n) is 9.17. The quantitative estimate of drug-likeness (QED) is 0.752. The van der Waals surface area contributed by atoms with E-state index in [1.165, 1.54) is 24.1 Å². The molecule has 0 N–H and O–H groups in total. The number of thiophene rings is 1. The van der Waals surface area contributed by atoms with Crippen molar-refractivity contribution < 1.29 is 4.79 Å². The standard InChI is InChI=1S/C20H29NOS/c1-4-21(11-16-6-5-7-23-16)17(22)20-10-15-8-18(2,13-20)12-19(3,9-15)14-20/h5-7,15H,4,8-14H2,1-3H3. The van der Waals surface area contributed by atoms with Gasteiger partial charge >= 0.3 is 0 Å². The average Bonchev–Trinajstić information content (AvgIpc) is 2.93. The molecule has 5 rings (SSSR count). The van der Waals surface area contributed by atoms with E-state index in [0.717, 1.165) is 38.3 Å². The number of hydrogen-bond acceptors (Lipinski definition) is 2. The van der Waals surface area contributed by atoms with Crippen LogP contribution in [-0.4, -0.2) is 17.4 Å². The number of carbonyl (C=O) groups excluding carboxylic acids is 1. The maximum absolute atomic E-state index is 13.6. The third kappa shape index (κ3) is 2.56. The van der Waals surface area contributed by atoms with Crippen LogP contribution >= 0.6 is 11.3 Å². The SMILES string of the molecule is CCN(Cc1cccs1)C(=O)C12CC3CC(C)(CC(C)(C3)C1)C2. The molecular formula is C20H29NOS. The Hall–Kier alpha value is -0.830. The second-order valence-electron chi connectivity index (χ2n) is 9.31. The van der Waals surface area contributed by atoms with Crippen molar-refractivity contribution in [2.75, 3.05) is 6.54 Å². The molecule has 0 radical (unpaired) electrons. The molecule has 3 heteroatoms. The van der Waals surface area contributed by atoms with E-state index in [-0.39, 0.29) is 5.41 Å². The molecule has 4 fully saturated rings. The van der Waals surface area contributed by atoms with E-state index in [1.54, 1.807) is 11.3 Å². The Labute approximate surface area is 144 Å². The van der Waals surface area contributed by atoms with Crippen molar-refractivity contribution in [2.24, 2.45) is 22.2 Å². The fraction of sp³-hybridized carbons (Fsp3) is 0.750. The summed E-state index contributed by atoms with van der Waals surface area (Å²) >= 11 is 1.77. The molecule has 0 spiro atoms. The summed E-state index contributed by atoms with van der Waals surface area (Å²) in [4.78, 5) is 17.0. The fourth-order valence-corrected chi connectivity index (χ4v) is 7.66. The average molecular weight is 332 g/mol. The maximum Gasteiger partial charge on any atom is 0.229 e. The van der Waals surface area contributed by atoms with Crippen molar-refractivity contribution in [3.05, 3.63) is 22.4 Å². The van der Waals surface area contributed by atoms with Crippen LogP contribution < -0.4 is 0 Å². The Morgan fingerprint density at radius 2 is 1.91 bits per heavy atom. The summed E-state index contributed by atoms with van der Waals surface area (Å²) in [5.41, 5.74) is 0.758. The summed E-state index contributed by atoms with van der Waals surface area (Å²) in [6, 6.07) is 4.24. The van der Waals surface area contributed by atoms with Crippen LogP contribution in [0.15, 0.2) is 17.5 Å². The van der Waals surface area contributed by atoms with E-state index in [4.69, 9.17) is 0 Å². The molecule has 0 saturated heterocycles. The molecule has 2 atom stereocenters. The molecule has 4 aliphatic rings. The number of nitrogens with zero attached hydrogens (tertiary/aromatic N) is 1. The lowest BCUT2D eigenvalue weighted by Gasteiger charge is -2.65. The topological polar surface area (TPSA) is 20.3 Å². The Balaban J connectivity index is 1.62.